The number of carbonyl (C=O) groups is 1. The number of amides is 1. The van der Waals surface area contributed by atoms with Gasteiger partial charge in [-0.1, -0.05) is 0 Å². The van der Waals surface area contributed by atoms with E-state index in [-0.39, 0.29) is 6.54 Å². The molecular formula is C12H10F3NO. The fourth-order valence-electron chi connectivity index (χ4n) is 1.24. The van der Waals surface area contributed by atoms with Crippen LogP contribution in [0.15, 0.2) is 12.1 Å². The van der Waals surface area contributed by atoms with E-state index in [0.717, 1.165) is 0 Å². The number of hydrogen-bond donors (Lipinski definition) is 1. The number of carbonyl (C=O) groups excluding carboxylic acids is 1. The van der Waals surface area contributed by atoms with Gasteiger partial charge in [-0.15, -0.1) is 12.3 Å². The maximum atomic E-state index is 13.2. The van der Waals surface area contributed by atoms with Gasteiger partial charge >= 0.3 is 0 Å². The van der Waals surface area contributed by atoms with Crippen molar-refractivity contribution in [2.24, 2.45) is 0 Å². The summed E-state index contributed by atoms with van der Waals surface area (Å²) in [4.78, 5) is 11.4. The molecule has 2 nitrogen and oxygen atoms in total. The topological polar surface area (TPSA) is 29.1 Å². The first-order valence-electron chi connectivity index (χ1n) is 4.92. The standard InChI is InChI=1S/C12H10F3NO/c1-2-3-4-5-16-12(17)11-9(14)6-8(13)7-10(11)15/h1,6-7H,3-5H2,(H,16,17). The Morgan fingerprint density at radius 2 is 1.88 bits per heavy atom. The van der Waals surface area contributed by atoms with E-state index in [1.54, 1.807) is 0 Å². The van der Waals surface area contributed by atoms with Gasteiger partial charge in [0.05, 0.1) is 0 Å². The first kappa shape index (κ1) is 13.1. The van der Waals surface area contributed by atoms with Gasteiger partial charge in [0.1, 0.15) is 23.0 Å². The molecule has 0 aliphatic heterocycles. The maximum Gasteiger partial charge on any atom is 0.257 e. The normalized spacial score (nSPS) is 9.76. The molecule has 0 aromatic heterocycles. The van der Waals surface area contributed by atoms with E-state index < -0.39 is 28.9 Å². The molecule has 1 aromatic rings. The van der Waals surface area contributed by atoms with Crippen LogP contribution in [0.2, 0.25) is 0 Å². The molecular weight excluding hydrogens is 231 g/mol. The van der Waals surface area contributed by atoms with E-state index in [1.807, 2.05) is 0 Å². The molecule has 0 unspecified atom stereocenters. The van der Waals surface area contributed by atoms with Gasteiger partial charge in [0.25, 0.3) is 5.91 Å². The van der Waals surface area contributed by atoms with Crippen molar-refractivity contribution in [3.8, 4) is 12.3 Å². The van der Waals surface area contributed by atoms with Gasteiger partial charge in [-0.05, 0) is 6.42 Å². The summed E-state index contributed by atoms with van der Waals surface area (Å²) in [6.07, 6.45) is 5.96. The molecule has 0 bridgehead atoms. The Kier molecular flexibility index (Phi) is 4.58. The lowest BCUT2D eigenvalue weighted by molar-refractivity contribution is 0.0945. The number of benzene rings is 1. The summed E-state index contributed by atoms with van der Waals surface area (Å²) in [6.45, 7) is 0.208. The zero-order chi connectivity index (χ0) is 12.8. The van der Waals surface area contributed by atoms with Crippen molar-refractivity contribution in [1.82, 2.24) is 5.32 Å². The predicted octanol–water partition coefficient (Wildman–Crippen LogP) is 2.25. The fourth-order valence-corrected chi connectivity index (χ4v) is 1.24. The van der Waals surface area contributed by atoms with Gasteiger partial charge in [-0.3, -0.25) is 4.79 Å². The highest BCUT2D eigenvalue weighted by atomic mass is 19.1. The van der Waals surface area contributed by atoms with Crippen LogP contribution in [0.3, 0.4) is 0 Å². The Morgan fingerprint density at radius 1 is 1.29 bits per heavy atom. The molecule has 1 N–H and O–H groups in total. The molecule has 5 heteroatoms. The van der Waals surface area contributed by atoms with Gasteiger partial charge in [-0.25, -0.2) is 13.2 Å². The van der Waals surface area contributed by atoms with Crippen LogP contribution in [0.4, 0.5) is 13.2 Å². The molecule has 0 radical (unpaired) electrons. The van der Waals surface area contributed by atoms with E-state index in [0.29, 0.717) is 25.0 Å². The van der Waals surface area contributed by atoms with Crippen molar-refractivity contribution in [2.75, 3.05) is 6.54 Å². The Hall–Kier alpha value is -1.96. The average Bonchev–Trinajstić information content (AvgIpc) is 2.23. The molecule has 0 heterocycles. The van der Waals surface area contributed by atoms with Crippen LogP contribution < -0.4 is 5.32 Å². The van der Waals surface area contributed by atoms with E-state index in [9.17, 15) is 18.0 Å². The third-order valence-corrected chi connectivity index (χ3v) is 2.02. The van der Waals surface area contributed by atoms with Crippen molar-refractivity contribution in [3.63, 3.8) is 0 Å². The van der Waals surface area contributed by atoms with Crippen LogP contribution in [0, 0.1) is 29.8 Å². The summed E-state index contributed by atoms with van der Waals surface area (Å²) in [5.41, 5.74) is -0.785. The smallest absolute Gasteiger partial charge is 0.257 e. The Balaban J connectivity index is 2.73. The zero-order valence-corrected chi connectivity index (χ0v) is 8.90. The second-order valence-electron chi connectivity index (χ2n) is 3.31. The fraction of sp³-hybridized carbons (Fsp3) is 0.250. The molecule has 0 saturated carbocycles. The number of hydrogen-bond acceptors (Lipinski definition) is 1. The molecule has 0 spiro atoms. The summed E-state index contributed by atoms with van der Waals surface area (Å²) in [5, 5.41) is 2.30. The Bertz CT molecular complexity index is 442. The first-order chi connectivity index (χ1) is 8.06. The minimum Gasteiger partial charge on any atom is -0.352 e. The van der Waals surface area contributed by atoms with Gasteiger partial charge in [0.2, 0.25) is 0 Å². The maximum absolute atomic E-state index is 13.2. The molecule has 0 saturated heterocycles. The van der Waals surface area contributed by atoms with Crippen LogP contribution in [-0.2, 0) is 0 Å². The van der Waals surface area contributed by atoms with E-state index in [2.05, 4.69) is 11.2 Å². The molecule has 0 atom stereocenters. The average molecular weight is 241 g/mol. The third-order valence-electron chi connectivity index (χ3n) is 2.02. The van der Waals surface area contributed by atoms with Crippen LogP contribution in [-0.4, -0.2) is 12.5 Å². The largest absolute Gasteiger partial charge is 0.352 e. The molecule has 0 aliphatic rings. The quantitative estimate of drug-likeness (QED) is 0.635. The summed E-state index contributed by atoms with van der Waals surface area (Å²) in [6, 6.07) is 0.916. The van der Waals surface area contributed by atoms with Crippen LogP contribution in [0.5, 0.6) is 0 Å². The highest BCUT2D eigenvalue weighted by Crippen LogP contribution is 2.14. The molecule has 1 rings (SSSR count). The van der Waals surface area contributed by atoms with Crippen molar-refractivity contribution in [3.05, 3.63) is 35.1 Å². The van der Waals surface area contributed by atoms with Crippen LogP contribution >= 0.6 is 0 Å². The molecule has 90 valence electrons. The summed E-state index contributed by atoms with van der Waals surface area (Å²) in [7, 11) is 0. The molecule has 0 fully saturated rings. The van der Waals surface area contributed by atoms with Gasteiger partial charge in [0, 0.05) is 25.1 Å². The summed E-state index contributed by atoms with van der Waals surface area (Å²) < 4.78 is 38.9. The van der Waals surface area contributed by atoms with E-state index in [4.69, 9.17) is 6.42 Å². The van der Waals surface area contributed by atoms with E-state index >= 15 is 0 Å². The highest BCUT2D eigenvalue weighted by Gasteiger charge is 2.18. The molecule has 0 aliphatic carbocycles. The Morgan fingerprint density at radius 3 is 2.41 bits per heavy atom. The molecule has 1 amide bonds. The van der Waals surface area contributed by atoms with Gasteiger partial charge in [0.15, 0.2) is 0 Å². The zero-order valence-electron chi connectivity index (χ0n) is 8.90. The van der Waals surface area contributed by atoms with Gasteiger partial charge in [-0.2, -0.15) is 0 Å². The van der Waals surface area contributed by atoms with E-state index in [1.165, 1.54) is 0 Å². The summed E-state index contributed by atoms with van der Waals surface area (Å²) >= 11 is 0. The van der Waals surface area contributed by atoms with Crippen molar-refractivity contribution in [2.45, 2.75) is 12.8 Å². The Labute approximate surface area is 96.8 Å². The number of halogens is 3. The van der Waals surface area contributed by atoms with Crippen molar-refractivity contribution >= 4 is 5.91 Å². The predicted molar refractivity (Wildman–Crippen MR) is 56.7 cm³/mol. The van der Waals surface area contributed by atoms with Crippen LogP contribution in [0.1, 0.15) is 23.2 Å². The molecule has 17 heavy (non-hydrogen) atoms. The second-order valence-corrected chi connectivity index (χ2v) is 3.31. The number of rotatable bonds is 4. The number of unbranched alkanes of at least 4 members (excludes halogenated alkanes) is 1. The summed E-state index contributed by atoms with van der Waals surface area (Å²) in [5.74, 6) is -2.07. The second kappa shape index (κ2) is 5.94. The first-order valence-corrected chi connectivity index (χ1v) is 4.92. The van der Waals surface area contributed by atoms with Crippen molar-refractivity contribution in [1.29, 1.82) is 0 Å². The monoisotopic (exact) mass is 241 g/mol. The lowest BCUT2D eigenvalue weighted by Gasteiger charge is -2.06. The lowest BCUT2D eigenvalue weighted by atomic mass is 10.1. The minimum absolute atomic E-state index is 0.208. The highest BCUT2D eigenvalue weighted by molar-refractivity contribution is 5.94. The minimum atomic E-state index is -1.23. The van der Waals surface area contributed by atoms with Crippen LogP contribution in [0.25, 0.3) is 0 Å². The number of nitrogens with one attached hydrogen (secondary N) is 1. The SMILES string of the molecule is C#CCCCNC(=O)c1c(F)cc(F)cc1F. The number of terminal acetylenes is 1. The third kappa shape index (κ3) is 3.52. The lowest BCUT2D eigenvalue weighted by Crippen LogP contribution is -2.26. The van der Waals surface area contributed by atoms with Gasteiger partial charge < -0.3 is 5.32 Å². The van der Waals surface area contributed by atoms with Crippen molar-refractivity contribution < 1.29 is 18.0 Å². The molecule has 1 aromatic carbocycles.